The first-order chi connectivity index (χ1) is 9.50. The van der Waals surface area contributed by atoms with E-state index in [9.17, 15) is 4.79 Å². The molecule has 2 amide bonds. The lowest BCUT2D eigenvalue weighted by Gasteiger charge is -2.25. The van der Waals surface area contributed by atoms with Crippen molar-refractivity contribution in [2.24, 2.45) is 5.92 Å². The molecule has 0 bridgehead atoms. The van der Waals surface area contributed by atoms with Gasteiger partial charge in [0.05, 0.1) is 11.7 Å². The van der Waals surface area contributed by atoms with Crippen LogP contribution in [0.25, 0.3) is 0 Å². The molecule has 0 spiro atoms. The van der Waals surface area contributed by atoms with Crippen molar-refractivity contribution in [2.75, 3.05) is 13.1 Å². The molecule has 0 radical (unpaired) electrons. The fourth-order valence-corrected chi connectivity index (χ4v) is 2.85. The Balaban J connectivity index is 2.02. The minimum atomic E-state index is 0.0353. The molecule has 1 aromatic heterocycles. The van der Waals surface area contributed by atoms with E-state index >= 15 is 0 Å². The van der Waals surface area contributed by atoms with Crippen LogP contribution in [0.15, 0.2) is 4.52 Å². The van der Waals surface area contributed by atoms with Gasteiger partial charge in [0.25, 0.3) is 0 Å². The number of amides is 2. The Morgan fingerprint density at radius 1 is 1.50 bits per heavy atom. The highest BCUT2D eigenvalue weighted by atomic mass is 16.5. The van der Waals surface area contributed by atoms with Crippen LogP contribution < -0.4 is 5.32 Å². The van der Waals surface area contributed by atoms with E-state index in [2.05, 4.69) is 24.3 Å². The van der Waals surface area contributed by atoms with Gasteiger partial charge in [-0.1, -0.05) is 19.0 Å². The van der Waals surface area contributed by atoms with E-state index in [-0.39, 0.29) is 12.1 Å². The SMILES string of the molecule is Cc1noc(C)c1[C@H]1CCCN1C(=O)NCCC(C)C. The lowest BCUT2D eigenvalue weighted by atomic mass is 10.0. The van der Waals surface area contributed by atoms with Crippen LogP contribution >= 0.6 is 0 Å². The third kappa shape index (κ3) is 3.14. The molecule has 0 aromatic carbocycles. The Bertz CT molecular complexity index is 448. The maximum Gasteiger partial charge on any atom is 0.317 e. The van der Waals surface area contributed by atoms with E-state index in [0.29, 0.717) is 5.92 Å². The summed E-state index contributed by atoms with van der Waals surface area (Å²) in [6.45, 7) is 9.73. The zero-order chi connectivity index (χ0) is 14.7. The van der Waals surface area contributed by atoms with Gasteiger partial charge in [-0.3, -0.25) is 0 Å². The predicted molar refractivity (Wildman–Crippen MR) is 77.5 cm³/mol. The van der Waals surface area contributed by atoms with Crippen LogP contribution in [-0.2, 0) is 0 Å². The molecular formula is C15H25N3O2. The molecule has 2 heterocycles. The lowest BCUT2D eigenvalue weighted by molar-refractivity contribution is 0.192. The topological polar surface area (TPSA) is 58.4 Å². The number of aromatic nitrogens is 1. The first-order valence-corrected chi connectivity index (χ1v) is 7.48. The maximum atomic E-state index is 12.3. The highest BCUT2D eigenvalue weighted by Crippen LogP contribution is 2.35. The first-order valence-electron chi connectivity index (χ1n) is 7.48. The Labute approximate surface area is 120 Å². The normalized spacial score (nSPS) is 18.9. The molecule has 5 nitrogen and oxygen atoms in total. The molecule has 1 fully saturated rings. The van der Waals surface area contributed by atoms with Crippen molar-refractivity contribution in [3.8, 4) is 0 Å². The molecule has 0 unspecified atom stereocenters. The molecule has 20 heavy (non-hydrogen) atoms. The Hall–Kier alpha value is -1.52. The number of rotatable bonds is 4. The number of nitrogens with one attached hydrogen (secondary N) is 1. The first kappa shape index (κ1) is 14.9. The van der Waals surface area contributed by atoms with Crippen molar-refractivity contribution < 1.29 is 9.32 Å². The van der Waals surface area contributed by atoms with Gasteiger partial charge in [-0.2, -0.15) is 0 Å². The Morgan fingerprint density at radius 3 is 2.85 bits per heavy atom. The van der Waals surface area contributed by atoms with Crippen molar-refractivity contribution in [3.05, 3.63) is 17.0 Å². The second-order valence-corrected chi connectivity index (χ2v) is 6.00. The number of urea groups is 1. The van der Waals surface area contributed by atoms with E-state index in [0.717, 1.165) is 49.4 Å². The molecule has 5 heteroatoms. The molecule has 1 N–H and O–H groups in total. The second-order valence-electron chi connectivity index (χ2n) is 6.00. The highest BCUT2D eigenvalue weighted by molar-refractivity contribution is 5.75. The largest absolute Gasteiger partial charge is 0.361 e. The molecule has 2 rings (SSSR count). The fourth-order valence-electron chi connectivity index (χ4n) is 2.85. The van der Waals surface area contributed by atoms with Crippen LogP contribution in [0.5, 0.6) is 0 Å². The fraction of sp³-hybridized carbons (Fsp3) is 0.733. The Kier molecular flexibility index (Phi) is 4.68. The van der Waals surface area contributed by atoms with Gasteiger partial charge in [0, 0.05) is 18.7 Å². The van der Waals surface area contributed by atoms with Crippen molar-refractivity contribution >= 4 is 6.03 Å². The number of carbonyl (C=O) groups is 1. The van der Waals surface area contributed by atoms with Gasteiger partial charge in [0.2, 0.25) is 0 Å². The molecular weight excluding hydrogens is 254 g/mol. The number of carbonyl (C=O) groups excluding carboxylic acids is 1. The van der Waals surface area contributed by atoms with Gasteiger partial charge >= 0.3 is 6.03 Å². The van der Waals surface area contributed by atoms with Crippen molar-refractivity contribution in [3.63, 3.8) is 0 Å². The van der Waals surface area contributed by atoms with Gasteiger partial charge in [-0.15, -0.1) is 0 Å². The smallest absolute Gasteiger partial charge is 0.317 e. The summed E-state index contributed by atoms with van der Waals surface area (Å²) in [6.07, 6.45) is 3.03. The number of hydrogen-bond donors (Lipinski definition) is 1. The average Bonchev–Trinajstić information content (AvgIpc) is 2.96. The van der Waals surface area contributed by atoms with Crippen molar-refractivity contribution in [2.45, 2.75) is 53.0 Å². The molecule has 0 aliphatic carbocycles. The number of hydrogen-bond acceptors (Lipinski definition) is 3. The summed E-state index contributed by atoms with van der Waals surface area (Å²) in [6, 6.07) is 0.147. The minimum Gasteiger partial charge on any atom is -0.361 e. The third-order valence-electron chi connectivity index (χ3n) is 3.93. The molecule has 1 saturated heterocycles. The maximum absolute atomic E-state index is 12.3. The molecule has 1 atom stereocenters. The number of nitrogens with zero attached hydrogens (tertiary/aromatic N) is 2. The van der Waals surface area contributed by atoms with Crippen molar-refractivity contribution in [1.82, 2.24) is 15.4 Å². The van der Waals surface area contributed by atoms with Crippen molar-refractivity contribution in [1.29, 1.82) is 0 Å². The summed E-state index contributed by atoms with van der Waals surface area (Å²) in [7, 11) is 0. The van der Waals surface area contributed by atoms with Gasteiger partial charge in [0.15, 0.2) is 0 Å². The minimum absolute atomic E-state index is 0.0353. The van der Waals surface area contributed by atoms with Gasteiger partial charge < -0.3 is 14.7 Å². The van der Waals surface area contributed by atoms with Crippen LogP contribution in [0.4, 0.5) is 4.79 Å². The third-order valence-corrected chi connectivity index (χ3v) is 3.93. The van der Waals surface area contributed by atoms with Crippen LogP contribution in [-0.4, -0.2) is 29.2 Å². The van der Waals surface area contributed by atoms with Crippen LogP contribution in [0, 0.1) is 19.8 Å². The van der Waals surface area contributed by atoms with Gasteiger partial charge in [-0.05, 0) is 39.0 Å². The average molecular weight is 279 g/mol. The summed E-state index contributed by atoms with van der Waals surface area (Å²) < 4.78 is 5.24. The van der Waals surface area contributed by atoms with E-state index < -0.39 is 0 Å². The van der Waals surface area contributed by atoms with Crippen LogP contribution in [0.1, 0.15) is 56.2 Å². The summed E-state index contributed by atoms with van der Waals surface area (Å²) in [4.78, 5) is 14.2. The number of likely N-dealkylation sites (tertiary alicyclic amines) is 1. The highest BCUT2D eigenvalue weighted by Gasteiger charge is 2.33. The second kappa shape index (κ2) is 6.29. The summed E-state index contributed by atoms with van der Waals surface area (Å²) in [5.41, 5.74) is 1.98. The van der Waals surface area contributed by atoms with E-state index in [1.165, 1.54) is 0 Å². The van der Waals surface area contributed by atoms with Gasteiger partial charge in [0.1, 0.15) is 5.76 Å². The predicted octanol–water partition coefficient (Wildman–Crippen LogP) is 3.18. The number of aryl methyl sites for hydroxylation is 2. The molecule has 1 aliphatic rings. The lowest BCUT2D eigenvalue weighted by Crippen LogP contribution is -2.40. The molecule has 1 aromatic rings. The van der Waals surface area contributed by atoms with Crippen LogP contribution in [0.2, 0.25) is 0 Å². The van der Waals surface area contributed by atoms with E-state index in [1.807, 2.05) is 18.7 Å². The zero-order valence-corrected chi connectivity index (χ0v) is 12.9. The molecule has 112 valence electrons. The van der Waals surface area contributed by atoms with E-state index in [1.54, 1.807) is 0 Å². The standard InChI is InChI=1S/C15H25N3O2/c1-10(2)7-8-16-15(19)18-9-5-6-13(18)14-11(3)17-20-12(14)4/h10,13H,5-9H2,1-4H3,(H,16,19)/t13-/m1/s1. The Morgan fingerprint density at radius 2 is 2.25 bits per heavy atom. The summed E-state index contributed by atoms with van der Waals surface area (Å²) >= 11 is 0. The summed E-state index contributed by atoms with van der Waals surface area (Å²) in [5, 5.41) is 7.03. The van der Waals surface area contributed by atoms with Crippen LogP contribution in [0.3, 0.4) is 0 Å². The molecule has 1 aliphatic heterocycles. The van der Waals surface area contributed by atoms with Gasteiger partial charge in [-0.25, -0.2) is 4.79 Å². The quantitative estimate of drug-likeness (QED) is 0.921. The van der Waals surface area contributed by atoms with E-state index in [4.69, 9.17) is 4.52 Å². The monoisotopic (exact) mass is 279 g/mol. The molecule has 0 saturated carbocycles. The zero-order valence-electron chi connectivity index (χ0n) is 12.9. The summed E-state index contributed by atoms with van der Waals surface area (Å²) in [5.74, 6) is 1.43.